The lowest BCUT2D eigenvalue weighted by atomic mass is 10.1. The van der Waals surface area contributed by atoms with Crippen LogP contribution in [0.4, 0.5) is 0 Å². The SMILES string of the molecule is O=C(NC1CCS(=O)CC1)c1cc(S(=O)(=O)Cl)c(Br)o1. The highest BCUT2D eigenvalue weighted by Crippen LogP contribution is 2.28. The Labute approximate surface area is 131 Å². The summed E-state index contributed by atoms with van der Waals surface area (Å²) in [5.74, 6) is 0.445. The molecule has 0 saturated carbocycles. The first kappa shape index (κ1) is 16.0. The lowest BCUT2D eigenvalue weighted by Crippen LogP contribution is -2.39. The summed E-state index contributed by atoms with van der Waals surface area (Å²) in [6.07, 6.45) is 1.25. The Hall–Kier alpha value is -0.380. The molecule has 0 unspecified atom stereocenters. The van der Waals surface area contributed by atoms with E-state index in [0.29, 0.717) is 24.3 Å². The van der Waals surface area contributed by atoms with E-state index in [1.807, 2.05) is 0 Å². The quantitative estimate of drug-likeness (QED) is 0.773. The monoisotopic (exact) mass is 403 g/mol. The molecule has 1 aromatic heterocycles. The summed E-state index contributed by atoms with van der Waals surface area (Å²) >= 11 is 2.90. The van der Waals surface area contributed by atoms with E-state index < -0.39 is 25.8 Å². The molecular formula is C10H11BrClNO5S2. The number of hydrogen-bond acceptors (Lipinski definition) is 5. The van der Waals surface area contributed by atoms with Gasteiger partial charge in [-0.3, -0.25) is 9.00 Å². The number of rotatable bonds is 3. The molecule has 0 aromatic carbocycles. The van der Waals surface area contributed by atoms with Crippen molar-refractivity contribution in [3.8, 4) is 0 Å². The van der Waals surface area contributed by atoms with Gasteiger partial charge in [0.1, 0.15) is 4.90 Å². The van der Waals surface area contributed by atoms with Crippen LogP contribution >= 0.6 is 26.6 Å². The molecule has 10 heteroatoms. The molecule has 112 valence electrons. The van der Waals surface area contributed by atoms with Gasteiger partial charge in [-0.25, -0.2) is 8.42 Å². The predicted octanol–water partition coefficient (Wildman–Crippen LogP) is 1.61. The molecule has 1 amide bonds. The van der Waals surface area contributed by atoms with Crippen LogP contribution in [-0.4, -0.2) is 36.1 Å². The minimum atomic E-state index is -3.98. The van der Waals surface area contributed by atoms with Crippen LogP contribution in [0.5, 0.6) is 0 Å². The number of amides is 1. The zero-order valence-electron chi connectivity index (χ0n) is 10.1. The summed E-state index contributed by atoms with van der Waals surface area (Å²) in [6, 6.07) is 0.989. The highest BCUT2D eigenvalue weighted by molar-refractivity contribution is 9.10. The third-order valence-corrected chi connectivity index (χ3v) is 6.43. The molecule has 0 aliphatic carbocycles. The van der Waals surface area contributed by atoms with Crippen LogP contribution < -0.4 is 5.32 Å². The van der Waals surface area contributed by atoms with Crippen molar-refractivity contribution < 1.29 is 21.8 Å². The van der Waals surface area contributed by atoms with Gasteiger partial charge >= 0.3 is 0 Å². The smallest absolute Gasteiger partial charge is 0.287 e. The molecule has 20 heavy (non-hydrogen) atoms. The Bertz CT molecular complexity index is 647. The van der Waals surface area contributed by atoms with Gasteiger partial charge in [-0.05, 0) is 28.8 Å². The van der Waals surface area contributed by atoms with Crippen LogP contribution in [0.25, 0.3) is 0 Å². The highest BCUT2D eigenvalue weighted by atomic mass is 79.9. The Morgan fingerprint density at radius 2 is 2.05 bits per heavy atom. The molecule has 0 atom stereocenters. The fourth-order valence-electron chi connectivity index (χ4n) is 1.82. The Morgan fingerprint density at radius 3 is 2.55 bits per heavy atom. The Balaban J connectivity index is 2.08. The average Bonchev–Trinajstić information content (AvgIpc) is 2.74. The number of hydrogen-bond donors (Lipinski definition) is 1. The molecular weight excluding hydrogens is 394 g/mol. The van der Waals surface area contributed by atoms with E-state index in [2.05, 4.69) is 21.2 Å². The number of carbonyl (C=O) groups is 1. The Morgan fingerprint density at radius 1 is 1.45 bits per heavy atom. The third kappa shape index (κ3) is 3.84. The van der Waals surface area contributed by atoms with Crippen molar-refractivity contribution in [2.45, 2.75) is 23.8 Å². The molecule has 0 radical (unpaired) electrons. The fourth-order valence-corrected chi connectivity index (χ4v) is 5.16. The second kappa shape index (κ2) is 6.17. The summed E-state index contributed by atoms with van der Waals surface area (Å²) in [5.41, 5.74) is 0. The zero-order valence-corrected chi connectivity index (χ0v) is 14.1. The number of furan rings is 1. The van der Waals surface area contributed by atoms with Crippen molar-refractivity contribution in [1.29, 1.82) is 0 Å². The molecule has 1 fully saturated rings. The summed E-state index contributed by atoms with van der Waals surface area (Å²) in [7, 11) is 0.421. The molecule has 0 bridgehead atoms. The maximum atomic E-state index is 11.9. The number of nitrogens with one attached hydrogen (secondary N) is 1. The minimum Gasteiger partial charge on any atom is -0.443 e. The van der Waals surface area contributed by atoms with Crippen LogP contribution in [-0.2, 0) is 19.9 Å². The largest absolute Gasteiger partial charge is 0.443 e. The van der Waals surface area contributed by atoms with Gasteiger partial charge in [0.15, 0.2) is 10.4 Å². The van der Waals surface area contributed by atoms with Crippen molar-refractivity contribution in [2.75, 3.05) is 11.5 Å². The highest BCUT2D eigenvalue weighted by Gasteiger charge is 2.25. The van der Waals surface area contributed by atoms with E-state index in [-0.39, 0.29) is 21.4 Å². The maximum absolute atomic E-state index is 11.9. The summed E-state index contributed by atoms with van der Waals surface area (Å²) in [4.78, 5) is 11.7. The van der Waals surface area contributed by atoms with Crippen LogP contribution in [0.3, 0.4) is 0 Å². The van der Waals surface area contributed by atoms with Gasteiger partial charge in [0.2, 0.25) is 0 Å². The standard InChI is InChI=1S/C10H11BrClNO5S2/c11-9-8(20(12,16)17)5-7(18-9)10(14)13-6-1-3-19(15)4-2-6/h5-6H,1-4H2,(H,13,14). The van der Waals surface area contributed by atoms with Crippen molar-refractivity contribution >= 4 is 52.4 Å². The molecule has 1 saturated heterocycles. The topological polar surface area (TPSA) is 93.5 Å². The van der Waals surface area contributed by atoms with E-state index >= 15 is 0 Å². The number of carbonyl (C=O) groups excluding carboxylic acids is 1. The van der Waals surface area contributed by atoms with E-state index in [4.69, 9.17) is 15.1 Å². The van der Waals surface area contributed by atoms with Crippen LogP contribution in [0.15, 0.2) is 20.0 Å². The summed E-state index contributed by atoms with van der Waals surface area (Å²) in [5, 5.41) is 2.72. The number of halogens is 2. The first-order chi connectivity index (χ1) is 9.27. The normalized spacial score (nSPS) is 23.5. The van der Waals surface area contributed by atoms with Gasteiger partial charge in [0.25, 0.3) is 15.0 Å². The second-order valence-corrected chi connectivity index (χ2v) is 9.23. The Kier molecular flexibility index (Phi) is 4.93. The first-order valence-corrected chi connectivity index (χ1v) is 10.3. The molecule has 2 rings (SSSR count). The van der Waals surface area contributed by atoms with Gasteiger partial charge in [-0.2, -0.15) is 0 Å². The molecule has 1 aliphatic rings. The van der Waals surface area contributed by atoms with E-state index in [1.54, 1.807) is 0 Å². The molecule has 1 N–H and O–H groups in total. The van der Waals surface area contributed by atoms with Crippen LogP contribution in [0, 0.1) is 0 Å². The van der Waals surface area contributed by atoms with E-state index in [1.165, 1.54) is 0 Å². The maximum Gasteiger partial charge on any atom is 0.287 e. The van der Waals surface area contributed by atoms with Gasteiger partial charge < -0.3 is 9.73 Å². The van der Waals surface area contributed by atoms with E-state index in [9.17, 15) is 17.4 Å². The first-order valence-electron chi connectivity index (χ1n) is 5.67. The lowest BCUT2D eigenvalue weighted by molar-refractivity contribution is 0.0905. The minimum absolute atomic E-state index is 0.0832. The van der Waals surface area contributed by atoms with Crippen molar-refractivity contribution in [3.63, 3.8) is 0 Å². The fraction of sp³-hybridized carbons (Fsp3) is 0.500. The van der Waals surface area contributed by atoms with Gasteiger partial charge in [-0.1, -0.05) is 0 Å². The molecule has 1 aromatic rings. The van der Waals surface area contributed by atoms with E-state index in [0.717, 1.165) is 6.07 Å². The molecule has 6 nitrogen and oxygen atoms in total. The summed E-state index contributed by atoms with van der Waals surface area (Å²) in [6.45, 7) is 0. The van der Waals surface area contributed by atoms with Crippen LogP contribution in [0.1, 0.15) is 23.4 Å². The van der Waals surface area contributed by atoms with Gasteiger partial charge in [0.05, 0.1) is 0 Å². The third-order valence-electron chi connectivity index (χ3n) is 2.87. The van der Waals surface area contributed by atoms with Crippen molar-refractivity contribution in [3.05, 3.63) is 16.5 Å². The average molecular weight is 405 g/mol. The van der Waals surface area contributed by atoms with Crippen LogP contribution in [0.2, 0.25) is 0 Å². The molecule has 0 spiro atoms. The molecule has 1 aliphatic heterocycles. The predicted molar refractivity (Wildman–Crippen MR) is 77.8 cm³/mol. The van der Waals surface area contributed by atoms with Crippen molar-refractivity contribution in [2.24, 2.45) is 0 Å². The van der Waals surface area contributed by atoms with Gasteiger partial charge in [0, 0.05) is 45.1 Å². The van der Waals surface area contributed by atoms with Gasteiger partial charge in [-0.15, -0.1) is 0 Å². The summed E-state index contributed by atoms with van der Waals surface area (Å²) < 4.78 is 38.6. The lowest BCUT2D eigenvalue weighted by Gasteiger charge is -2.21. The zero-order chi connectivity index (χ0) is 14.9. The molecule has 2 heterocycles. The second-order valence-electron chi connectivity index (χ2n) is 4.28. The van der Waals surface area contributed by atoms with Crippen molar-refractivity contribution in [1.82, 2.24) is 5.32 Å².